The summed E-state index contributed by atoms with van der Waals surface area (Å²) in [6.07, 6.45) is 6.31. The number of aromatic nitrogens is 3. The molecule has 9 rings (SSSR count). The maximum absolute atomic E-state index is 5.07. The summed E-state index contributed by atoms with van der Waals surface area (Å²) in [6.45, 7) is 0. The Kier molecular flexibility index (Phi) is 6.94. The van der Waals surface area contributed by atoms with Crippen LogP contribution in [-0.4, -0.2) is 15.0 Å². The average molecular weight is 614 g/mol. The summed E-state index contributed by atoms with van der Waals surface area (Å²) in [5.74, 6) is 2.05. The van der Waals surface area contributed by atoms with Crippen molar-refractivity contribution in [2.75, 3.05) is 0 Å². The van der Waals surface area contributed by atoms with Crippen molar-refractivity contribution < 1.29 is 0 Å². The lowest BCUT2D eigenvalue weighted by atomic mass is 9.88. The summed E-state index contributed by atoms with van der Waals surface area (Å²) in [4.78, 5) is 15.0. The Bertz CT molecular complexity index is 2450. The van der Waals surface area contributed by atoms with Gasteiger partial charge in [0.1, 0.15) is 0 Å². The summed E-state index contributed by atoms with van der Waals surface area (Å²) in [5.41, 5.74) is 7.83. The molecule has 0 N–H and O–H groups in total. The van der Waals surface area contributed by atoms with Crippen LogP contribution >= 0.6 is 0 Å². The highest BCUT2D eigenvalue weighted by atomic mass is 15.0. The molecule has 226 valence electrons. The highest BCUT2D eigenvalue weighted by molar-refractivity contribution is 6.25. The minimum Gasteiger partial charge on any atom is -0.208 e. The molecule has 3 nitrogen and oxygen atoms in total. The third-order valence-corrected chi connectivity index (χ3v) is 9.40. The number of benzene rings is 7. The Hall–Kier alpha value is -6.19. The molecule has 0 atom stereocenters. The standard InChI is InChI=1S/C45H31N3/c1-3-14-30(15-4-1)43-46-44(31-16-5-2-6-17-31)48-45(47-43)41-25-12-7-20-35(41)34-19-13-18-32(28-34)33-26-27-40-38-23-9-8-21-36(38)37-22-10-11-24-39(37)42(40)29-33/h1-6,8-19,21-29H,7,20H2. The van der Waals surface area contributed by atoms with Crippen LogP contribution in [0.5, 0.6) is 0 Å². The third kappa shape index (κ3) is 4.97. The molecule has 8 aromatic rings. The molecule has 0 spiro atoms. The molecule has 0 radical (unpaired) electrons. The molecule has 48 heavy (non-hydrogen) atoms. The van der Waals surface area contributed by atoms with Gasteiger partial charge in [-0.25, -0.2) is 15.0 Å². The van der Waals surface area contributed by atoms with Crippen LogP contribution in [0, 0.1) is 0 Å². The SMILES string of the molecule is C1=CC(c2nc(-c3ccccc3)nc(-c3ccccc3)n2)=C(c2cccc(-c3ccc4c5ccccc5c5ccccc5c4c3)c2)CC1. The van der Waals surface area contributed by atoms with Crippen molar-refractivity contribution in [3.05, 3.63) is 175 Å². The topological polar surface area (TPSA) is 38.7 Å². The van der Waals surface area contributed by atoms with Gasteiger partial charge in [0.15, 0.2) is 17.5 Å². The van der Waals surface area contributed by atoms with Gasteiger partial charge in [0, 0.05) is 16.7 Å². The molecule has 0 saturated heterocycles. The summed E-state index contributed by atoms with van der Waals surface area (Å²) >= 11 is 0. The summed E-state index contributed by atoms with van der Waals surface area (Å²) in [7, 11) is 0. The summed E-state index contributed by atoms with van der Waals surface area (Å²) in [6, 6.07) is 53.7. The number of rotatable bonds is 5. The molecule has 0 aliphatic heterocycles. The largest absolute Gasteiger partial charge is 0.208 e. The van der Waals surface area contributed by atoms with Crippen LogP contribution in [0.2, 0.25) is 0 Å². The second-order valence-corrected chi connectivity index (χ2v) is 12.3. The zero-order valence-corrected chi connectivity index (χ0v) is 26.3. The lowest BCUT2D eigenvalue weighted by Gasteiger charge is -2.18. The first-order chi connectivity index (χ1) is 23.8. The van der Waals surface area contributed by atoms with Crippen LogP contribution in [-0.2, 0) is 0 Å². The van der Waals surface area contributed by atoms with Crippen molar-refractivity contribution in [1.29, 1.82) is 0 Å². The maximum Gasteiger partial charge on any atom is 0.164 e. The molecular formula is C45H31N3. The zero-order valence-electron chi connectivity index (χ0n) is 26.3. The Labute approximate surface area is 279 Å². The zero-order chi connectivity index (χ0) is 31.9. The fraction of sp³-hybridized carbons (Fsp3) is 0.0444. The maximum atomic E-state index is 5.07. The van der Waals surface area contributed by atoms with Crippen molar-refractivity contribution in [1.82, 2.24) is 15.0 Å². The molecule has 0 unspecified atom stereocenters. The van der Waals surface area contributed by atoms with Crippen LogP contribution < -0.4 is 0 Å². The van der Waals surface area contributed by atoms with Gasteiger partial charge >= 0.3 is 0 Å². The quantitative estimate of drug-likeness (QED) is 0.181. The molecule has 1 aromatic heterocycles. The number of fused-ring (bicyclic) bond motifs is 6. The predicted octanol–water partition coefficient (Wildman–Crippen LogP) is 11.6. The Morgan fingerprint density at radius 2 is 0.833 bits per heavy atom. The van der Waals surface area contributed by atoms with Crippen molar-refractivity contribution in [2.24, 2.45) is 0 Å². The van der Waals surface area contributed by atoms with Crippen molar-refractivity contribution >= 4 is 43.5 Å². The van der Waals surface area contributed by atoms with E-state index in [1.54, 1.807) is 0 Å². The normalized spacial score (nSPS) is 13.1. The first-order valence-corrected chi connectivity index (χ1v) is 16.5. The van der Waals surface area contributed by atoms with Crippen molar-refractivity contribution in [2.45, 2.75) is 12.8 Å². The highest BCUT2D eigenvalue weighted by Crippen LogP contribution is 2.39. The van der Waals surface area contributed by atoms with E-state index in [1.165, 1.54) is 54.6 Å². The first kappa shape index (κ1) is 28.1. The number of nitrogens with zero attached hydrogens (tertiary/aromatic N) is 3. The van der Waals surface area contributed by atoms with Gasteiger partial charge in [-0.2, -0.15) is 0 Å². The van der Waals surface area contributed by atoms with Crippen LogP contribution in [0.3, 0.4) is 0 Å². The highest BCUT2D eigenvalue weighted by Gasteiger charge is 2.19. The molecule has 0 fully saturated rings. The number of allylic oxidation sites excluding steroid dienone is 4. The van der Waals surface area contributed by atoms with E-state index in [-0.39, 0.29) is 0 Å². The lowest BCUT2D eigenvalue weighted by molar-refractivity contribution is 1.02. The molecule has 1 heterocycles. The Morgan fingerprint density at radius 3 is 1.46 bits per heavy atom. The van der Waals surface area contributed by atoms with E-state index >= 15 is 0 Å². The van der Waals surface area contributed by atoms with Gasteiger partial charge in [0.05, 0.1) is 0 Å². The van der Waals surface area contributed by atoms with Gasteiger partial charge in [-0.05, 0) is 79.6 Å². The molecule has 7 aromatic carbocycles. The van der Waals surface area contributed by atoms with Crippen molar-refractivity contribution in [3.8, 4) is 33.9 Å². The fourth-order valence-corrected chi connectivity index (χ4v) is 7.08. The van der Waals surface area contributed by atoms with E-state index in [0.717, 1.165) is 29.5 Å². The van der Waals surface area contributed by atoms with Gasteiger partial charge in [-0.15, -0.1) is 0 Å². The van der Waals surface area contributed by atoms with E-state index in [2.05, 4.69) is 127 Å². The molecule has 1 aliphatic carbocycles. The molecule has 3 heteroatoms. The summed E-state index contributed by atoms with van der Waals surface area (Å²) in [5, 5.41) is 7.72. The minimum absolute atomic E-state index is 0.676. The van der Waals surface area contributed by atoms with E-state index in [4.69, 9.17) is 15.0 Å². The Morgan fingerprint density at radius 1 is 0.354 bits per heavy atom. The second kappa shape index (κ2) is 11.9. The number of hydrogen-bond donors (Lipinski definition) is 0. The van der Waals surface area contributed by atoms with Crippen LogP contribution in [0.15, 0.2) is 164 Å². The van der Waals surface area contributed by atoms with Gasteiger partial charge < -0.3 is 0 Å². The predicted molar refractivity (Wildman–Crippen MR) is 200 cm³/mol. The van der Waals surface area contributed by atoms with Crippen LogP contribution in [0.25, 0.3) is 77.4 Å². The number of hydrogen-bond acceptors (Lipinski definition) is 3. The minimum atomic E-state index is 0.676. The molecule has 0 saturated carbocycles. The molecule has 0 bridgehead atoms. The lowest BCUT2D eigenvalue weighted by Crippen LogP contribution is -2.05. The summed E-state index contributed by atoms with van der Waals surface area (Å²) < 4.78 is 0. The first-order valence-electron chi connectivity index (χ1n) is 16.5. The Balaban J connectivity index is 1.19. The van der Waals surface area contributed by atoms with Gasteiger partial charge in [0.2, 0.25) is 0 Å². The van der Waals surface area contributed by atoms with E-state index in [1.807, 2.05) is 36.4 Å². The smallest absolute Gasteiger partial charge is 0.164 e. The van der Waals surface area contributed by atoms with Crippen molar-refractivity contribution in [3.63, 3.8) is 0 Å². The fourth-order valence-electron chi connectivity index (χ4n) is 7.08. The molecule has 1 aliphatic rings. The van der Waals surface area contributed by atoms with Crippen LogP contribution in [0.4, 0.5) is 0 Å². The van der Waals surface area contributed by atoms with E-state index in [9.17, 15) is 0 Å². The van der Waals surface area contributed by atoms with E-state index in [0.29, 0.717) is 17.5 Å². The van der Waals surface area contributed by atoms with Gasteiger partial charge in [0.25, 0.3) is 0 Å². The van der Waals surface area contributed by atoms with Gasteiger partial charge in [-0.3, -0.25) is 0 Å². The van der Waals surface area contributed by atoms with Crippen LogP contribution in [0.1, 0.15) is 24.2 Å². The van der Waals surface area contributed by atoms with Gasteiger partial charge in [-0.1, -0.05) is 152 Å². The second-order valence-electron chi connectivity index (χ2n) is 12.3. The molecule has 0 amide bonds. The molecular weight excluding hydrogens is 583 g/mol. The average Bonchev–Trinajstić information content (AvgIpc) is 3.18. The van der Waals surface area contributed by atoms with E-state index < -0.39 is 0 Å². The third-order valence-electron chi connectivity index (χ3n) is 9.40. The monoisotopic (exact) mass is 613 g/mol.